The number of carbonyl (C=O) groups excluding carboxylic acids is 3. The van der Waals surface area contributed by atoms with Crippen LogP contribution in [0.2, 0.25) is 0 Å². The lowest BCUT2D eigenvalue weighted by Crippen LogP contribution is -2.69. The molecule has 1 spiro atoms. The summed E-state index contributed by atoms with van der Waals surface area (Å²) in [4.78, 5) is 47.3. The maximum absolute atomic E-state index is 14.4. The fourth-order valence-corrected chi connectivity index (χ4v) is 8.48. The second-order valence-corrected chi connectivity index (χ2v) is 14.0. The SMILES string of the molecule is O=C(CCNC(=O)[C@@]12C[C@H]3OC(=O)[C@@H]1N(Cc1cccc(C=CCc4ccccc4O)c1)O[C@@H]2[C@H]1OC2(Cc4ccccc4C2)O[C@H]13)NCCO. The molecule has 4 fully saturated rings. The summed E-state index contributed by atoms with van der Waals surface area (Å²) >= 11 is 0. The quantitative estimate of drug-likeness (QED) is 0.220. The van der Waals surface area contributed by atoms with E-state index in [9.17, 15) is 19.5 Å². The number of para-hydroxylation sites is 1. The molecule has 3 aromatic carbocycles. The number of carbonyl (C=O) groups is 3. The lowest BCUT2D eigenvalue weighted by Gasteiger charge is -2.48. The van der Waals surface area contributed by atoms with E-state index in [-0.39, 0.29) is 50.7 Å². The first-order valence-electron chi connectivity index (χ1n) is 17.5. The standard InChI is InChI=1S/C39H41N3O9/c43-18-17-40-31(45)15-16-41-37(47)39-22-30-32-33(50-38(49-32)20-27-11-1-2-12-28(27)21-38)35(39)51-42(34(39)36(46)48-30)23-25-9-5-7-24(19-25)8-6-13-26-10-3-4-14-29(26)44/h1-12,14,19,30,32-35,43-44H,13,15-18,20-23H2,(H,40,45)(H,41,47)/t30-,32+,33+,34+,35-,39+/m1/s1. The third-order valence-corrected chi connectivity index (χ3v) is 10.7. The first-order valence-corrected chi connectivity index (χ1v) is 17.5. The van der Waals surface area contributed by atoms with Crippen molar-refractivity contribution in [1.82, 2.24) is 15.7 Å². The van der Waals surface area contributed by atoms with E-state index in [4.69, 9.17) is 24.2 Å². The molecule has 2 aliphatic carbocycles. The molecule has 12 heteroatoms. The van der Waals surface area contributed by atoms with Crippen LogP contribution in [0.15, 0.2) is 78.9 Å². The third kappa shape index (κ3) is 6.10. The number of phenolic OH excluding ortho intramolecular Hbond substituents is 1. The zero-order chi connectivity index (χ0) is 35.2. The zero-order valence-electron chi connectivity index (χ0n) is 28.0. The van der Waals surface area contributed by atoms with Crippen LogP contribution in [0.1, 0.15) is 40.7 Å². The number of phenols is 1. The van der Waals surface area contributed by atoms with E-state index in [1.54, 1.807) is 17.2 Å². The Kier molecular flexibility index (Phi) is 8.89. The molecule has 3 aromatic rings. The first kappa shape index (κ1) is 33.5. The average molecular weight is 696 g/mol. The van der Waals surface area contributed by atoms with Gasteiger partial charge in [-0.05, 0) is 40.3 Å². The van der Waals surface area contributed by atoms with E-state index in [0.717, 1.165) is 27.8 Å². The summed E-state index contributed by atoms with van der Waals surface area (Å²) < 4.78 is 19.6. The number of hydrogen-bond donors (Lipinski definition) is 4. The monoisotopic (exact) mass is 695 g/mol. The average Bonchev–Trinajstić information content (AvgIpc) is 3.80. The lowest BCUT2D eigenvalue weighted by atomic mass is 9.62. The third-order valence-electron chi connectivity index (χ3n) is 10.7. The summed E-state index contributed by atoms with van der Waals surface area (Å²) in [6.07, 6.45) is 2.85. The van der Waals surface area contributed by atoms with Crippen LogP contribution in [0.25, 0.3) is 6.08 Å². The number of allylic oxidation sites excluding steroid dienone is 1. The Hall–Kier alpha value is -4.59. The number of esters is 1. The molecular formula is C39H41N3O9. The molecule has 0 aromatic heterocycles. The highest BCUT2D eigenvalue weighted by Gasteiger charge is 2.76. The molecule has 0 unspecified atom stereocenters. The van der Waals surface area contributed by atoms with Gasteiger partial charge in [0.2, 0.25) is 11.8 Å². The first-order chi connectivity index (χ1) is 24.8. The molecule has 3 heterocycles. The van der Waals surface area contributed by atoms with Gasteiger partial charge in [0, 0.05) is 38.8 Å². The summed E-state index contributed by atoms with van der Waals surface area (Å²) in [5.74, 6) is -2.00. The van der Waals surface area contributed by atoms with Crippen molar-refractivity contribution in [3.63, 3.8) is 0 Å². The van der Waals surface area contributed by atoms with E-state index in [1.165, 1.54) is 0 Å². The van der Waals surface area contributed by atoms with Gasteiger partial charge in [-0.25, -0.2) is 0 Å². The van der Waals surface area contributed by atoms with E-state index >= 15 is 0 Å². The van der Waals surface area contributed by atoms with Gasteiger partial charge in [0.1, 0.15) is 35.6 Å². The summed E-state index contributed by atoms with van der Waals surface area (Å²) in [5.41, 5.74) is 3.49. The van der Waals surface area contributed by atoms with Crippen molar-refractivity contribution in [1.29, 1.82) is 0 Å². The molecule has 2 amide bonds. The molecule has 6 atom stereocenters. The molecule has 5 aliphatic rings. The Morgan fingerprint density at radius 3 is 2.49 bits per heavy atom. The van der Waals surface area contributed by atoms with Gasteiger partial charge in [-0.2, -0.15) is 5.06 Å². The molecule has 3 aliphatic heterocycles. The second-order valence-electron chi connectivity index (χ2n) is 14.0. The molecule has 12 nitrogen and oxygen atoms in total. The van der Waals surface area contributed by atoms with Gasteiger partial charge >= 0.3 is 5.97 Å². The number of amides is 2. The Labute approximate surface area is 295 Å². The van der Waals surface area contributed by atoms with Crippen LogP contribution in [0.5, 0.6) is 5.75 Å². The number of benzene rings is 3. The minimum Gasteiger partial charge on any atom is -0.508 e. The van der Waals surface area contributed by atoms with Crippen molar-refractivity contribution in [3.05, 3.63) is 107 Å². The van der Waals surface area contributed by atoms with Gasteiger partial charge in [0.15, 0.2) is 11.8 Å². The number of rotatable bonds is 11. The molecule has 4 N–H and O–H groups in total. The smallest absolute Gasteiger partial charge is 0.327 e. The number of aliphatic hydroxyl groups is 1. The summed E-state index contributed by atoms with van der Waals surface area (Å²) in [5, 5.41) is 26.2. The number of fused-ring (bicyclic) bond motifs is 5. The van der Waals surface area contributed by atoms with E-state index < -0.39 is 53.5 Å². The fraction of sp³-hybridized carbons (Fsp3) is 0.410. The number of aliphatic hydroxyl groups excluding tert-OH is 1. The molecule has 0 radical (unpaired) electrons. The zero-order valence-corrected chi connectivity index (χ0v) is 28.0. The van der Waals surface area contributed by atoms with Gasteiger partial charge in [-0.3, -0.25) is 19.2 Å². The van der Waals surface area contributed by atoms with Gasteiger partial charge in [0.25, 0.3) is 0 Å². The van der Waals surface area contributed by atoms with Crippen LogP contribution >= 0.6 is 0 Å². The number of aromatic hydroxyl groups is 1. The Balaban J connectivity index is 1.06. The molecule has 3 saturated heterocycles. The summed E-state index contributed by atoms with van der Waals surface area (Å²) in [6, 6.07) is 22.0. The van der Waals surface area contributed by atoms with Crippen molar-refractivity contribution in [2.45, 2.75) is 74.9 Å². The summed E-state index contributed by atoms with van der Waals surface area (Å²) in [7, 11) is 0. The van der Waals surface area contributed by atoms with Gasteiger partial charge < -0.3 is 35.1 Å². The molecule has 8 rings (SSSR count). The largest absolute Gasteiger partial charge is 0.508 e. The number of hydrogen-bond acceptors (Lipinski definition) is 10. The molecule has 1 saturated carbocycles. The maximum Gasteiger partial charge on any atom is 0.327 e. The fourth-order valence-electron chi connectivity index (χ4n) is 8.48. The van der Waals surface area contributed by atoms with Crippen molar-refractivity contribution in [2.75, 3.05) is 19.7 Å². The maximum atomic E-state index is 14.4. The highest BCUT2D eigenvalue weighted by molar-refractivity contribution is 5.94. The van der Waals surface area contributed by atoms with Gasteiger partial charge in [0.05, 0.1) is 13.2 Å². The lowest BCUT2D eigenvalue weighted by molar-refractivity contribution is -0.217. The van der Waals surface area contributed by atoms with Crippen molar-refractivity contribution >= 4 is 23.9 Å². The predicted molar refractivity (Wildman–Crippen MR) is 182 cm³/mol. The number of nitrogens with one attached hydrogen (secondary N) is 2. The minimum atomic E-state index is -1.36. The Bertz CT molecular complexity index is 1840. The predicted octanol–water partition coefficient (Wildman–Crippen LogP) is 2.34. The van der Waals surface area contributed by atoms with Crippen LogP contribution in [0.4, 0.5) is 0 Å². The Morgan fingerprint density at radius 1 is 0.941 bits per heavy atom. The highest BCUT2D eigenvalue weighted by Crippen LogP contribution is 2.58. The summed E-state index contributed by atoms with van der Waals surface area (Å²) in [6.45, 7) is 0.166. The van der Waals surface area contributed by atoms with Gasteiger partial charge in [-0.1, -0.05) is 78.9 Å². The van der Waals surface area contributed by atoms with Crippen molar-refractivity contribution in [3.8, 4) is 5.75 Å². The minimum absolute atomic E-state index is 0.00678. The van der Waals surface area contributed by atoms with Crippen molar-refractivity contribution < 1.29 is 43.6 Å². The van der Waals surface area contributed by atoms with E-state index in [0.29, 0.717) is 19.3 Å². The molecule has 51 heavy (non-hydrogen) atoms. The second kappa shape index (κ2) is 13.5. The number of ether oxygens (including phenoxy) is 3. The molecule has 266 valence electrons. The van der Waals surface area contributed by atoms with Crippen LogP contribution in [0, 0.1) is 5.41 Å². The number of nitrogens with zero attached hydrogens (tertiary/aromatic N) is 1. The molecule has 2 bridgehead atoms. The van der Waals surface area contributed by atoms with Crippen LogP contribution < -0.4 is 10.6 Å². The normalized spacial score (nSPS) is 28.4. The van der Waals surface area contributed by atoms with Crippen LogP contribution in [0.3, 0.4) is 0 Å². The molecular weight excluding hydrogens is 654 g/mol. The van der Waals surface area contributed by atoms with Gasteiger partial charge in [-0.15, -0.1) is 0 Å². The number of hydroxylamine groups is 2. The van der Waals surface area contributed by atoms with Crippen molar-refractivity contribution in [2.24, 2.45) is 5.41 Å². The van der Waals surface area contributed by atoms with E-state index in [1.807, 2.05) is 60.7 Å². The Morgan fingerprint density at radius 2 is 1.71 bits per heavy atom. The van der Waals surface area contributed by atoms with E-state index in [2.05, 4.69) is 22.8 Å². The highest BCUT2D eigenvalue weighted by atomic mass is 16.8. The topological polar surface area (TPSA) is 156 Å². The van der Waals surface area contributed by atoms with Crippen LogP contribution in [-0.4, -0.2) is 89.0 Å². The van der Waals surface area contributed by atoms with Crippen LogP contribution in [-0.2, 0) is 59.2 Å².